The molecule has 0 saturated carbocycles. The molecule has 2 aliphatic heterocycles. The molecule has 166 valence electrons. The first-order chi connectivity index (χ1) is 15.0. The third-order valence-electron chi connectivity index (χ3n) is 8.09. The van der Waals surface area contributed by atoms with Crippen molar-refractivity contribution in [2.45, 2.75) is 39.2 Å². The lowest BCUT2D eigenvalue weighted by molar-refractivity contribution is -0.903. The molecule has 1 aromatic carbocycles. The zero-order valence-electron chi connectivity index (χ0n) is 19.0. The topological polar surface area (TPSA) is 43.2 Å². The second-order valence-electron chi connectivity index (χ2n) is 10.1. The normalized spacial score (nSPS) is 33.2. The first-order valence-electron chi connectivity index (χ1n) is 11.8. The van der Waals surface area contributed by atoms with Gasteiger partial charge in [0.25, 0.3) is 0 Å². The van der Waals surface area contributed by atoms with Crippen LogP contribution in [0.15, 0.2) is 47.6 Å². The molecule has 2 heterocycles. The Labute approximate surface area is 185 Å². The molecule has 1 N–H and O–H groups in total. The molecular weight excluding hydrogens is 388 g/mol. The lowest BCUT2D eigenvalue weighted by atomic mass is 9.62. The molecule has 5 rings (SSSR count). The number of piperazine rings is 1. The molecule has 0 radical (unpaired) electrons. The van der Waals surface area contributed by atoms with E-state index in [-0.39, 0.29) is 29.3 Å². The standard InChI is InChI=1S/C26H34N2O3/c1-18-6-5-9-26(2)16-24-21(15-23(18)26)22(25(29)31-24)17-27-10-12-28(13-11-27)19-7-4-8-20(14-19)30-3/h4,6-8,14-15,21-22,24H,5,9-13,16-17H2,1-3H3/p+1/t21-,22+,24-,26-/m1/s1. The van der Waals surface area contributed by atoms with E-state index in [2.05, 4.69) is 43.0 Å². The highest BCUT2D eigenvalue weighted by Crippen LogP contribution is 2.52. The predicted molar refractivity (Wildman–Crippen MR) is 121 cm³/mol. The van der Waals surface area contributed by atoms with E-state index in [1.165, 1.54) is 28.2 Å². The molecule has 31 heavy (non-hydrogen) atoms. The van der Waals surface area contributed by atoms with Crippen LogP contribution in [0.5, 0.6) is 5.75 Å². The average Bonchev–Trinajstić information content (AvgIpc) is 3.06. The number of nitrogens with one attached hydrogen (secondary N) is 1. The molecule has 2 saturated heterocycles. The van der Waals surface area contributed by atoms with Crippen LogP contribution in [0.25, 0.3) is 0 Å². The molecule has 1 aromatic rings. The molecule has 5 nitrogen and oxygen atoms in total. The smallest absolute Gasteiger partial charge is 0.315 e. The summed E-state index contributed by atoms with van der Waals surface area (Å²) in [5.74, 6) is 1.16. The molecule has 2 fully saturated rings. The van der Waals surface area contributed by atoms with Gasteiger partial charge in [0.05, 0.1) is 39.8 Å². The number of quaternary nitrogens is 1. The number of methoxy groups -OCH3 is 1. The van der Waals surface area contributed by atoms with E-state index in [4.69, 9.17) is 9.47 Å². The van der Waals surface area contributed by atoms with Crippen molar-refractivity contribution < 1.29 is 19.2 Å². The van der Waals surface area contributed by atoms with Crippen molar-refractivity contribution in [1.29, 1.82) is 0 Å². The number of carbonyl (C=O) groups excluding carboxylic acids is 1. The number of fused-ring (bicyclic) bond motifs is 2. The third-order valence-corrected chi connectivity index (χ3v) is 8.09. The SMILES string of the molecule is COc1cccc(N2CC[NH+](C[C@@H]3C(=O)O[C@@H]4C[C@@]5(C)CCC=C(C)C5=C[C@H]34)CC2)c1. The Kier molecular flexibility index (Phi) is 5.33. The Hall–Kier alpha value is -2.27. The van der Waals surface area contributed by atoms with Gasteiger partial charge in [-0.2, -0.15) is 0 Å². The molecule has 4 aliphatic rings. The fourth-order valence-electron chi connectivity index (χ4n) is 6.26. The third kappa shape index (κ3) is 3.78. The Balaban J connectivity index is 1.26. The Morgan fingerprint density at radius 3 is 2.87 bits per heavy atom. The molecule has 5 heteroatoms. The van der Waals surface area contributed by atoms with Crippen LogP contribution in [-0.4, -0.2) is 51.9 Å². The summed E-state index contributed by atoms with van der Waals surface area (Å²) in [6.07, 6.45) is 8.13. The minimum absolute atomic E-state index is 0.00449. The van der Waals surface area contributed by atoms with Gasteiger partial charge in [0.1, 0.15) is 17.8 Å². The lowest BCUT2D eigenvalue weighted by Crippen LogP contribution is -3.15. The van der Waals surface area contributed by atoms with Gasteiger partial charge in [-0.3, -0.25) is 4.79 Å². The molecule has 0 spiro atoms. The molecule has 2 aliphatic carbocycles. The number of allylic oxidation sites excluding steroid dienone is 3. The van der Waals surface area contributed by atoms with Gasteiger partial charge in [0.2, 0.25) is 0 Å². The van der Waals surface area contributed by atoms with Gasteiger partial charge >= 0.3 is 5.97 Å². The van der Waals surface area contributed by atoms with E-state index >= 15 is 0 Å². The first-order valence-corrected chi connectivity index (χ1v) is 11.8. The zero-order valence-corrected chi connectivity index (χ0v) is 19.0. The monoisotopic (exact) mass is 423 g/mol. The maximum Gasteiger partial charge on any atom is 0.315 e. The largest absolute Gasteiger partial charge is 0.497 e. The van der Waals surface area contributed by atoms with Gasteiger partial charge in [0, 0.05) is 17.7 Å². The molecular formula is C26H35N2O3+. The summed E-state index contributed by atoms with van der Waals surface area (Å²) in [4.78, 5) is 16.8. The van der Waals surface area contributed by atoms with Gasteiger partial charge in [0.15, 0.2) is 0 Å². The number of rotatable bonds is 4. The second-order valence-corrected chi connectivity index (χ2v) is 10.1. The molecule has 0 unspecified atom stereocenters. The van der Waals surface area contributed by atoms with E-state index in [0.29, 0.717) is 0 Å². The molecule has 4 atom stereocenters. The summed E-state index contributed by atoms with van der Waals surface area (Å²) in [5.41, 5.74) is 4.27. The van der Waals surface area contributed by atoms with Crippen LogP contribution in [0.2, 0.25) is 0 Å². The minimum Gasteiger partial charge on any atom is -0.497 e. The van der Waals surface area contributed by atoms with Crippen LogP contribution in [0.4, 0.5) is 5.69 Å². The fraction of sp³-hybridized carbons (Fsp3) is 0.577. The number of anilines is 1. The van der Waals surface area contributed by atoms with Crippen LogP contribution < -0.4 is 14.5 Å². The summed E-state index contributed by atoms with van der Waals surface area (Å²) in [7, 11) is 1.71. The quantitative estimate of drug-likeness (QED) is 0.757. The summed E-state index contributed by atoms with van der Waals surface area (Å²) < 4.78 is 11.3. The fourth-order valence-corrected chi connectivity index (χ4v) is 6.26. The van der Waals surface area contributed by atoms with Crippen molar-refractivity contribution in [3.63, 3.8) is 0 Å². The maximum atomic E-state index is 12.9. The van der Waals surface area contributed by atoms with Gasteiger partial charge in [-0.25, -0.2) is 0 Å². The number of nitrogens with zero attached hydrogens (tertiary/aromatic N) is 1. The van der Waals surface area contributed by atoms with E-state index < -0.39 is 0 Å². The van der Waals surface area contributed by atoms with Crippen molar-refractivity contribution in [3.05, 3.63) is 47.6 Å². The van der Waals surface area contributed by atoms with Crippen LogP contribution in [-0.2, 0) is 9.53 Å². The lowest BCUT2D eigenvalue weighted by Gasteiger charge is -2.43. The number of hydrogen-bond donors (Lipinski definition) is 1. The number of carbonyl (C=O) groups is 1. The van der Waals surface area contributed by atoms with Gasteiger partial charge < -0.3 is 19.3 Å². The van der Waals surface area contributed by atoms with E-state index in [9.17, 15) is 4.79 Å². The van der Waals surface area contributed by atoms with E-state index in [0.717, 1.165) is 51.3 Å². The average molecular weight is 424 g/mol. The number of ether oxygens (including phenoxy) is 2. The van der Waals surface area contributed by atoms with Crippen LogP contribution in [0.3, 0.4) is 0 Å². The van der Waals surface area contributed by atoms with Gasteiger partial charge in [-0.05, 0) is 49.3 Å². The van der Waals surface area contributed by atoms with Crippen molar-refractivity contribution in [1.82, 2.24) is 0 Å². The summed E-state index contributed by atoms with van der Waals surface area (Å²) in [5, 5.41) is 0. The van der Waals surface area contributed by atoms with Crippen molar-refractivity contribution in [2.24, 2.45) is 17.3 Å². The summed E-state index contributed by atoms with van der Waals surface area (Å²) in [6.45, 7) is 9.57. The highest BCUT2D eigenvalue weighted by Gasteiger charge is 2.52. The first kappa shape index (κ1) is 20.6. The summed E-state index contributed by atoms with van der Waals surface area (Å²) >= 11 is 0. The van der Waals surface area contributed by atoms with E-state index in [1.807, 2.05) is 12.1 Å². The zero-order chi connectivity index (χ0) is 21.6. The highest BCUT2D eigenvalue weighted by molar-refractivity contribution is 5.76. The number of esters is 1. The Morgan fingerprint density at radius 1 is 1.29 bits per heavy atom. The molecule has 0 aromatic heterocycles. The van der Waals surface area contributed by atoms with Crippen molar-refractivity contribution in [3.8, 4) is 5.75 Å². The second kappa shape index (κ2) is 8.01. The molecule has 0 bridgehead atoms. The summed E-state index contributed by atoms with van der Waals surface area (Å²) in [6, 6.07) is 8.29. The number of hydrogen-bond acceptors (Lipinski definition) is 4. The van der Waals surface area contributed by atoms with Crippen molar-refractivity contribution >= 4 is 11.7 Å². The predicted octanol–water partition coefficient (Wildman–Crippen LogP) is 2.63. The van der Waals surface area contributed by atoms with Crippen LogP contribution >= 0.6 is 0 Å². The minimum atomic E-state index is -0.00449. The van der Waals surface area contributed by atoms with Gasteiger partial charge in [-0.15, -0.1) is 0 Å². The van der Waals surface area contributed by atoms with Crippen LogP contribution in [0.1, 0.15) is 33.1 Å². The van der Waals surface area contributed by atoms with Crippen LogP contribution in [0, 0.1) is 17.3 Å². The number of benzene rings is 1. The Bertz CT molecular complexity index is 915. The van der Waals surface area contributed by atoms with Crippen molar-refractivity contribution in [2.75, 3.05) is 44.7 Å². The van der Waals surface area contributed by atoms with Gasteiger partial charge in [-0.1, -0.05) is 30.7 Å². The maximum absolute atomic E-state index is 12.9. The highest BCUT2D eigenvalue weighted by atomic mass is 16.6. The Morgan fingerprint density at radius 2 is 2.10 bits per heavy atom. The molecule has 0 amide bonds. The van der Waals surface area contributed by atoms with E-state index in [1.54, 1.807) is 7.11 Å².